The topological polar surface area (TPSA) is 76.3 Å². The van der Waals surface area contributed by atoms with Crippen molar-refractivity contribution in [2.75, 3.05) is 18.8 Å². The molecule has 0 aliphatic carbocycles. The second-order valence-corrected chi connectivity index (χ2v) is 7.15. The van der Waals surface area contributed by atoms with Gasteiger partial charge in [-0.3, -0.25) is 0 Å². The van der Waals surface area contributed by atoms with E-state index >= 15 is 0 Å². The average Bonchev–Trinajstić information content (AvgIpc) is 2.85. The number of sulfonamides is 1. The summed E-state index contributed by atoms with van der Waals surface area (Å²) in [6, 6.07) is 3.05. The summed E-state index contributed by atoms with van der Waals surface area (Å²) in [6.07, 6.45) is 4.29. The average molecular weight is 283 g/mol. The highest BCUT2D eigenvalue weighted by Gasteiger charge is 2.40. The molecule has 0 radical (unpaired) electrons. The van der Waals surface area contributed by atoms with Gasteiger partial charge in [-0.2, -0.15) is 4.31 Å². The van der Waals surface area contributed by atoms with Crippen LogP contribution in [0.1, 0.15) is 33.1 Å². The lowest BCUT2D eigenvalue weighted by molar-refractivity contribution is 0.279. The summed E-state index contributed by atoms with van der Waals surface area (Å²) in [5.74, 6) is 0.330. The Labute approximate surface area is 114 Å². The van der Waals surface area contributed by atoms with E-state index in [0.29, 0.717) is 18.9 Å². The van der Waals surface area contributed by atoms with Crippen LogP contribution in [0.4, 0.5) is 5.82 Å². The van der Waals surface area contributed by atoms with Crippen molar-refractivity contribution in [2.45, 2.75) is 38.0 Å². The number of hydrogen-bond donors (Lipinski definition) is 1. The number of anilines is 1. The Morgan fingerprint density at radius 2 is 2.05 bits per heavy atom. The van der Waals surface area contributed by atoms with Gasteiger partial charge in [0.2, 0.25) is 10.0 Å². The minimum absolute atomic E-state index is 0.133. The fourth-order valence-corrected chi connectivity index (χ4v) is 4.12. The maximum absolute atomic E-state index is 12.5. The van der Waals surface area contributed by atoms with Crippen LogP contribution in [-0.2, 0) is 10.0 Å². The molecule has 19 heavy (non-hydrogen) atoms. The Bertz CT molecular complexity index is 536. The van der Waals surface area contributed by atoms with Crippen molar-refractivity contribution >= 4 is 15.8 Å². The summed E-state index contributed by atoms with van der Waals surface area (Å²) < 4.78 is 26.6. The third-order valence-electron chi connectivity index (χ3n) is 4.30. The molecule has 0 bridgehead atoms. The Morgan fingerprint density at radius 3 is 2.53 bits per heavy atom. The summed E-state index contributed by atoms with van der Waals surface area (Å²) >= 11 is 0. The van der Waals surface area contributed by atoms with Crippen molar-refractivity contribution in [3.8, 4) is 0 Å². The Balaban J connectivity index is 2.25. The molecule has 0 spiro atoms. The predicted octanol–water partition coefficient (Wildman–Crippen LogP) is 1.86. The molecule has 0 aromatic carbocycles. The minimum atomic E-state index is -3.43. The van der Waals surface area contributed by atoms with Crippen LogP contribution in [0.5, 0.6) is 0 Å². The molecule has 0 amide bonds. The molecule has 1 saturated heterocycles. The van der Waals surface area contributed by atoms with E-state index in [1.807, 2.05) is 0 Å². The van der Waals surface area contributed by atoms with Gasteiger partial charge in [0.25, 0.3) is 0 Å². The number of nitrogen functional groups attached to an aromatic ring is 1. The first kappa shape index (κ1) is 14.3. The summed E-state index contributed by atoms with van der Waals surface area (Å²) in [4.78, 5) is 4.09. The molecular weight excluding hydrogens is 262 g/mol. The molecular formula is C13H21N3O2S. The third-order valence-corrected chi connectivity index (χ3v) is 6.13. The van der Waals surface area contributed by atoms with Crippen LogP contribution in [-0.4, -0.2) is 30.8 Å². The maximum Gasteiger partial charge on any atom is 0.244 e. The van der Waals surface area contributed by atoms with Crippen LogP contribution in [0.15, 0.2) is 23.2 Å². The third kappa shape index (κ3) is 2.60. The zero-order chi connectivity index (χ0) is 14.1. The van der Waals surface area contributed by atoms with Crippen molar-refractivity contribution < 1.29 is 8.42 Å². The van der Waals surface area contributed by atoms with E-state index in [9.17, 15) is 8.42 Å². The fourth-order valence-electron chi connectivity index (χ4n) is 2.62. The molecule has 0 atom stereocenters. The molecule has 6 heteroatoms. The van der Waals surface area contributed by atoms with Crippen LogP contribution in [0, 0.1) is 5.41 Å². The number of nitrogens with two attached hydrogens (primary N) is 1. The van der Waals surface area contributed by atoms with E-state index in [2.05, 4.69) is 18.8 Å². The number of pyridine rings is 1. The molecule has 1 fully saturated rings. The van der Waals surface area contributed by atoms with Crippen molar-refractivity contribution in [1.82, 2.24) is 9.29 Å². The monoisotopic (exact) mass is 283 g/mol. The Morgan fingerprint density at radius 1 is 1.37 bits per heavy atom. The van der Waals surface area contributed by atoms with Gasteiger partial charge in [0.15, 0.2) is 0 Å². The highest BCUT2D eigenvalue weighted by molar-refractivity contribution is 7.89. The standard InChI is InChI=1S/C13H21N3O2S/c1-3-13(4-2)7-8-16(10-13)19(17,18)11-5-6-12(14)15-9-11/h5-6,9H,3-4,7-8,10H2,1-2H3,(H2,14,15). The van der Waals surface area contributed by atoms with Crippen molar-refractivity contribution in [1.29, 1.82) is 0 Å². The highest BCUT2D eigenvalue weighted by Crippen LogP contribution is 2.39. The normalized spacial score (nSPS) is 19.7. The van der Waals surface area contributed by atoms with Gasteiger partial charge < -0.3 is 5.73 Å². The van der Waals surface area contributed by atoms with E-state index in [4.69, 9.17) is 5.73 Å². The van der Waals surface area contributed by atoms with Crippen molar-refractivity contribution in [2.24, 2.45) is 5.41 Å². The zero-order valence-corrected chi connectivity index (χ0v) is 12.3. The summed E-state index contributed by atoms with van der Waals surface area (Å²) in [7, 11) is -3.43. The molecule has 2 N–H and O–H groups in total. The molecule has 1 aromatic rings. The van der Waals surface area contributed by atoms with Crippen LogP contribution in [0.2, 0.25) is 0 Å². The number of nitrogens with zero attached hydrogens (tertiary/aromatic N) is 2. The number of rotatable bonds is 4. The number of aromatic nitrogens is 1. The minimum Gasteiger partial charge on any atom is -0.384 e. The molecule has 5 nitrogen and oxygen atoms in total. The SMILES string of the molecule is CCC1(CC)CCN(S(=O)(=O)c2ccc(N)nc2)C1. The van der Waals surface area contributed by atoms with Crippen molar-refractivity contribution in [3.05, 3.63) is 18.3 Å². The number of hydrogen-bond acceptors (Lipinski definition) is 4. The molecule has 1 aliphatic rings. The lowest BCUT2D eigenvalue weighted by Gasteiger charge is -2.26. The van der Waals surface area contributed by atoms with Crippen LogP contribution in [0.25, 0.3) is 0 Å². The second kappa shape index (κ2) is 5.09. The summed E-state index contributed by atoms with van der Waals surface area (Å²) in [6.45, 7) is 5.45. The quantitative estimate of drug-likeness (QED) is 0.915. The van der Waals surface area contributed by atoms with Gasteiger partial charge in [-0.15, -0.1) is 0 Å². The van der Waals surface area contributed by atoms with Crippen LogP contribution in [0.3, 0.4) is 0 Å². The highest BCUT2D eigenvalue weighted by atomic mass is 32.2. The summed E-state index contributed by atoms with van der Waals surface area (Å²) in [5.41, 5.74) is 5.62. The van der Waals surface area contributed by atoms with E-state index in [-0.39, 0.29) is 10.3 Å². The van der Waals surface area contributed by atoms with Gasteiger partial charge >= 0.3 is 0 Å². The van der Waals surface area contributed by atoms with Gasteiger partial charge in [0.1, 0.15) is 10.7 Å². The van der Waals surface area contributed by atoms with Crippen molar-refractivity contribution in [3.63, 3.8) is 0 Å². The first-order valence-corrected chi connectivity index (χ1v) is 8.09. The molecule has 2 heterocycles. The molecule has 106 valence electrons. The first-order valence-electron chi connectivity index (χ1n) is 6.65. The van der Waals surface area contributed by atoms with Crippen LogP contribution < -0.4 is 5.73 Å². The van der Waals surface area contributed by atoms with Gasteiger partial charge in [-0.1, -0.05) is 13.8 Å². The Hall–Kier alpha value is -1.14. The van der Waals surface area contributed by atoms with E-state index in [0.717, 1.165) is 19.3 Å². The first-order chi connectivity index (χ1) is 8.93. The van der Waals surface area contributed by atoms with Gasteiger partial charge in [-0.05, 0) is 36.8 Å². The van der Waals surface area contributed by atoms with Crippen LogP contribution >= 0.6 is 0 Å². The van der Waals surface area contributed by atoms with Gasteiger partial charge in [0, 0.05) is 19.3 Å². The largest absolute Gasteiger partial charge is 0.384 e. The lowest BCUT2D eigenvalue weighted by atomic mass is 9.82. The van der Waals surface area contributed by atoms with E-state index in [1.165, 1.54) is 18.3 Å². The molecule has 2 rings (SSSR count). The van der Waals surface area contributed by atoms with Gasteiger partial charge in [0.05, 0.1) is 0 Å². The summed E-state index contributed by atoms with van der Waals surface area (Å²) in [5, 5.41) is 0. The van der Waals surface area contributed by atoms with E-state index in [1.54, 1.807) is 4.31 Å². The fraction of sp³-hybridized carbons (Fsp3) is 0.615. The Kier molecular flexibility index (Phi) is 3.82. The molecule has 1 aliphatic heterocycles. The molecule has 0 saturated carbocycles. The zero-order valence-electron chi connectivity index (χ0n) is 11.5. The molecule has 1 aromatic heterocycles. The van der Waals surface area contributed by atoms with E-state index < -0.39 is 10.0 Å². The predicted molar refractivity (Wildman–Crippen MR) is 75.0 cm³/mol. The lowest BCUT2D eigenvalue weighted by Crippen LogP contribution is -2.32. The van der Waals surface area contributed by atoms with Gasteiger partial charge in [-0.25, -0.2) is 13.4 Å². The smallest absolute Gasteiger partial charge is 0.244 e. The second-order valence-electron chi connectivity index (χ2n) is 5.21. The molecule has 0 unspecified atom stereocenters. The maximum atomic E-state index is 12.5.